The summed E-state index contributed by atoms with van der Waals surface area (Å²) in [6.07, 6.45) is 3.59. The first kappa shape index (κ1) is 19.8. The minimum absolute atomic E-state index is 0.0295. The lowest BCUT2D eigenvalue weighted by atomic mass is 10.1. The van der Waals surface area contributed by atoms with E-state index in [2.05, 4.69) is 16.9 Å². The Morgan fingerprint density at radius 3 is 2.54 bits per heavy atom. The average Bonchev–Trinajstić information content (AvgIpc) is 2.72. The molecule has 3 rings (SSSR count). The lowest BCUT2D eigenvalue weighted by Gasteiger charge is -2.34. The first-order valence-electron chi connectivity index (χ1n) is 9.66. The van der Waals surface area contributed by atoms with E-state index in [9.17, 15) is 9.59 Å². The largest absolute Gasteiger partial charge is 0.363 e. The van der Waals surface area contributed by atoms with E-state index in [1.54, 1.807) is 17.0 Å². The maximum Gasteiger partial charge on any atom is 0.254 e. The highest BCUT2D eigenvalue weighted by molar-refractivity contribution is 5.97. The zero-order valence-corrected chi connectivity index (χ0v) is 16.8. The first-order chi connectivity index (χ1) is 13.5. The number of benzene rings is 1. The van der Waals surface area contributed by atoms with Crippen LogP contribution in [0.4, 0.5) is 5.82 Å². The quantitative estimate of drug-likeness (QED) is 0.768. The van der Waals surface area contributed by atoms with Gasteiger partial charge in [0.1, 0.15) is 18.7 Å². The minimum atomic E-state index is -0.105. The molecule has 148 valence electrons. The van der Waals surface area contributed by atoms with Crippen molar-refractivity contribution in [2.45, 2.75) is 19.8 Å². The second kappa shape index (κ2) is 8.82. The number of unbranched alkanes of at least 4 members (excludes halogenated alkanes) is 1. The van der Waals surface area contributed by atoms with E-state index in [4.69, 9.17) is 0 Å². The molecule has 28 heavy (non-hydrogen) atoms. The molecule has 0 atom stereocenters. The van der Waals surface area contributed by atoms with Gasteiger partial charge in [-0.15, -0.1) is 0 Å². The third kappa shape index (κ3) is 4.47. The number of amides is 2. The van der Waals surface area contributed by atoms with Crippen LogP contribution < -0.4 is 4.90 Å². The smallest absolute Gasteiger partial charge is 0.254 e. The Bertz CT molecular complexity index is 835. The number of hydrogen-bond acceptors (Lipinski definition) is 5. The Morgan fingerprint density at radius 2 is 1.89 bits per heavy atom. The minimum Gasteiger partial charge on any atom is -0.363 e. The summed E-state index contributed by atoms with van der Waals surface area (Å²) in [6.45, 7) is 4.23. The van der Waals surface area contributed by atoms with Crippen LogP contribution in [0, 0.1) is 0 Å². The number of carbonyl (C=O) groups is 2. The lowest BCUT2D eigenvalue weighted by molar-refractivity contribution is -0.135. The normalized spacial score (nSPS) is 14.3. The second-order valence-electron chi connectivity index (χ2n) is 7.19. The maximum atomic E-state index is 12.8. The van der Waals surface area contributed by atoms with Crippen LogP contribution in [0.15, 0.2) is 36.7 Å². The number of piperazine rings is 1. The van der Waals surface area contributed by atoms with E-state index in [1.165, 1.54) is 6.33 Å². The fourth-order valence-corrected chi connectivity index (χ4v) is 3.18. The Balaban J connectivity index is 1.67. The molecule has 2 amide bonds. The van der Waals surface area contributed by atoms with Crippen molar-refractivity contribution < 1.29 is 9.59 Å². The summed E-state index contributed by atoms with van der Waals surface area (Å²) in [4.78, 5) is 39.0. The molecule has 0 spiro atoms. The predicted octanol–water partition coefficient (Wildman–Crippen LogP) is 2.29. The molecule has 1 aliphatic rings. The van der Waals surface area contributed by atoms with Crippen molar-refractivity contribution >= 4 is 17.6 Å². The van der Waals surface area contributed by atoms with E-state index in [0.29, 0.717) is 18.7 Å². The molecule has 1 saturated heterocycles. The SMILES string of the molecule is CCCCN1CCN(C(=O)c2ccc(-c3cc(N(C)C)ncn3)cc2)CC1=O. The molecule has 1 aromatic heterocycles. The van der Waals surface area contributed by atoms with Gasteiger partial charge in [-0.3, -0.25) is 9.59 Å². The zero-order valence-electron chi connectivity index (χ0n) is 16.8. The molecular weight excluding hydrogens is 354 g/mol. The molecule has 0 saturated carbocycles. The van der Waals surface area contributed by atoms with Gasteiger partial charge in [-0.1, -0.05) is 25.5 Å². The molecule has 2 aromatic rings. The van der Waals surface area contributed by atoms with Crippen molar-refractivity contribution in [3.05, 3.63) is 42.2 Å². The number of anilines is 1. The molecule has 0 N–H and O–H groups in total. The monoisotopic (exact) mass is 381 g/mol. The number of rotatable bonds is 6. The third-order valence-electron chi connectivity index (χ3n) is 4.93. The molecule has 1 fully saturated rings. The van der Waals surface area contributed by atoms with Crippen molar-refractivity contribution in [1.29, 1.82) is 0 Å². The summed E-state index contributed by atoms with van der Waals surface area (Å²) < 4.78 is 0. The highest BCUT2D eigenvalue weighted by atomic mass is 16.2. The van der Waals surface area contributed by atoms with Crippen LogP contribution in [0.5, 0.6) is 0 Å². The van der Waals surface area contributed by atoms with Gasteiger partial charge in [0.05, 0.1) is 5.69 Å². The molecule has 0 radical (unpaired) electrons. The van der Waals surface area contributed by atoms with E-state index in [0.717, 1.165) is 36.5 Å². The lowest BCUT2D eigenvalue weighted by Crippen LogP contribution is -2.52. The number of carbonyl (C=O) groups excluding carboxylic acids is 2. The molecular formula is C21H27N5O2. The zero-order chi connectivity index (χ0) is 20.1. The van der Waals surface area contributed by atoms with Crippen LogP contribution in [-0.4, -0.2) is 71.9 Å². The van der Waals surface area contributed by atoms with Gasteiger partial charge in [-0.25, -0.2) is 9.97 Å². The molecule has 1 aromatic carbocycles. The van der Waals surface area contributed by atoms with Crippen LogP contribution in [-0.2, 0) is 4.79 Å². The van der Waals surface area contributed by atoms with Gasteiger partial charge >= 0.3 is 0 Å². The van der Waals surface area contributed by atoms with Crippen molar-refractivity contribution in [1.82, 2.24) is 19.8 Å². The Kier molecular flexibility index (Phi) is 6.23. The number of hydrogen-bond donors (Lipinski definition) is 0. The molecule has 7 nitrogen and oxygen atoms in total. The Morgan fingerprint density at radius 1 is 1.14 bits per heavy atom. The molecule has 2 heterocycles. The molecule has 0 unspecified atom stereocenters. The topological polar surface area (TPSA) is 69.6 Å². The van der Waals surface area contributed by atoms with Crippen molar-refractivity contribution in [3.8, 4) is 11.3 Å². The van der Waals surface area contributed by atoms with Gasteiger partial charge < -0.3 is 14.7 Å². The van der Waals surface area contributed by atoms with Gasteiger partial charge in [0, 0.05) is 50.9 Å². The van der Waals surface area contributed by atoms with Gasteiger partial charge in [0.2, 0.25) is 5.91 Å². The van der Waals surface area contributed by atoms with Crippen LogP contribution in [0.2, 0.25) is 0 Å². The number of nitrogens with zero attached hydrogens (tertiary/aromatic N) is 5. The Labute approximate surface area is 166 Å². The van der Waals surface area contributed by atoms with E-state index >= 15 is 0 Å². The summed E-state index contributed by atoms with van der Waals surface area (Å²) >= 11 is 0. The van der Waals surface area contributed by atoms with E-state index in [-0.39, 0.29) is 18.4 Å². The van der Waals surface area contributed by atoms with Gasteiger partial charge in [0.15, 0.2) is 0 Å². The van der Waals surface area contributed by atoms with Crippen LogP contribution in [0.1, 0.15) is 30.1 Å². The third-order valence-corrected chi connectivity index (χ3v) is 4.93. The predicted molar refractivity (Wildman–Crippen MR) is 109 cm³/mol. The maximum absolute atomic E-state index is 12.8. The fraction of sp³-hybridized carbons (Fsp3) is 0.429. The molecule has 0 aliphatic carbocycles. The van der Waals surface area contributed by atoms with Crippen LogP contribution >= 0.6 is 0 Å². The van der Waals surface area contributed by atoms with Crippen molar-refractivity contribution in [2.75, 3.05) is 45.2 Å². The number of aromatic nitrogens is 2. The molecule has 0 bridgehead atoms. The summed E-state index contributed by atoms with van der Waals surface area (Å²) in [5, 5.41) is 0. The standard InChI is InChI=1S/C21H27N5O2/c1-4-5-10-25-11-12-26(14-20(25)27)21(28)17-8-6-16(7-9-17)18-13-19(24(2)3)23-15-22-18/h6-9,13,15H,4-5,10-12,14H2,1-3H3. The summed E-state index contributed by atoms with van der Waals surface area (Å²) in [6, 6.07) is 9.26. The summed E-state index contributed by atoms with van der Waals surface area (Å²) in [5.41, 5.74) is 2.31. The van der Waals surface area contributed by atoms with Crippen LogP contribution in [0.25, 0.3) is 11.3 Å². The average molecular weight is 381 g/mol. The highest BCUT2D eigenvalue weighted by Crippen LogP contribution is 2.21. The van der Waals surface area contributed by atoms with Crippen molar-refractivity contribution in [2.24, 2.45) is 0 Å². The second-order valence-corrected chi connectivity index (χ2v) is 7.19. The molecule has 1 aliphatic heterocycles. The van der Waals surface area contributed by atoms with Crippen LogP contribution in [0.3, 0.4) is 0 Å². The first-order valence-corrected chi connectivity index (χ1v) is 9.66. The van der Waals surface area contributed by atoms with E-state index in [1.807, 2.05) is 42.1 Å². The highest BCUT2D eigenvalue weighted by Gasteiger charge is 2.27. The van der Waals surface area contributed by atoms with E-state index < -0.39 is 0 Å². The molecule has 7 heteroatoms. The van der Waals surface area contributed by atoms with Gasteiger partial charge in [-0.2, -0.15) is 0 Å². The summed E-state index contributed by atoms with van der Waals surface area (Å²) in [7, 11) is 3.86. The van der Waals surface area contributed by atoms with Gasteiger partial charge in [0.25, 0.3) is 5.91 Å². The fourth-order valence-electron chi connectivity index (χ4n) is 3.18. The van der Waals surface area contributed by atoms with Crippen molar-refractivity contribution in [3.63, 3.8) is 0 Å². The van der Waals surface area contributed by atoms with Gasteiger partial charge in [-0.05, 0) is 18.6 Å². The summed E-state index contributed by atoms with van der Waals surface area (Å²) in [5.74, 6) is 0.748. The Hall–Kier alpha value is -2.96.